The maximum atomic E-state index is 12.3. The number of aromatic nitrogens is 4. The van der Waals surface area contributed by atoms with E-state index in [4.69, 9.17) is 23.2 Å². The number of carbonyl (C=O) groups is 1. The molecule has 26 heavy (non-hydrogen) atoms. The Morgan fingerprint density at radius 1 is 1.38 bits per heavy atom. The van der Waals surface area contributed by atoms with Gasteiger partial charge in [-0.15, -0.1) is 5.10 Å². The maximum absolute atomic E-state index is 12.3. The highest BCUT2D eigenvalue weighted by molar-refractivity contribution is 9.10. The number of benzene rings is 1. The molecule has 1 aromatic carbocycles. The summed E-state index contributed by atoms with van der Waals surface area (Å²) in [5, 5.41) is 23.4. The monoisotopic (exact) mass is 458 g/mol. The van der Waals surface area contributed by atoms with Crippen molar-refractivity contribution in [1.82, 2.24) is 20.0 Å². The summed E-state index contributed by atoms with van der Waals surface area (Å²) >= 11 is 15.2. The molecule has 2 aromatic heterocycles. The van der Waals surface area contributed by atoms with Crippen molar-refractivity contribution in [1.29, 1.82) is 0 Å². The predicted octanol–water partition coefficient (Wildman–Crippen LogP) is 3.88. The van der Waals surface area contributed by atoms with Crippen molar-refractivity contribution in [3.63, 3.8) is 0 Å². The van der Waals surface area contributed by atoms with E-state index in [1.807, 2.05) is 18.2 Å². The molecule has 0 saturated heterocycles. The number of carbonyl (C=O) groups excluding carboxylic acids is 1. The molecule has 2 N–H and O–H groups in total. The number of nitrogens with one attached hydrogen (secondary N) is 2. The fourth-order valence-electron chi connectivity index (χ4n) is 2.12. The number of anilines is 1. The van der Waals surface area contributed by atoms with Crippen LogP contribution in [0, 0.1) is 10.1 Å². The van der Waals surface area contributed by atoms with Crippen LogP contribution in [0.3, 0.4) is 0 Å². The molecule has 0 aliphatic rings. The summed E-state index contributed by atoms with van der Waals surface area (Å²) < 4.78 is 2.09. The van der Waals surface area contributed by atoms with Crippen molar-refractivity contribution < 1.29 is 9.72 Å². The molecule has 3 aromatic rings. The molecule has 0 radical (unpaired) electrons. The average Bonchev–Trinajstić information content (AvgIpc) is 3.13. The summed E-state index contributed by atoms with van der Waals surface area (Å²) in [6.45, 7) is 0.392. The molecule has 134 valence electrons. The number of hydrogen-bond donors (Lipinski definition) is 2. The molecule has 0 atom stereocenters. The minimum absolute atomic E-state index is 0.212. The first-order valence-corrected chi connectivity index (χ1v) is 8.57. The van der Waals surface area contributed by atoms with Crippen LogP contribution in [-0.4, -0.2) is 30.8 Å². The Labute approximate surface area is 164 Å². The summed E-state index contributed by atoms with van der Waals surface area (Å²) in [7, 11) is 0. The van der Waals surface area contributed by atoms with E-state index in [1.165, 1.54) is 0 Å². The first kappa shape index (κ1) is 18.4. The zero-order valence-electron chi connectivity index (χ0n) is 12.7. The molecule has 0 unspecified atom stereocenters. The predicted molar refractivity (Wildman–Crippen MR) is 98.7 cm³/mol. The first-order valence-electron chi connectivity index (χ1n) is 7.02. The topological polar surface area (TPSA) is 119 Å². The van der Waals surface area contributed by atoms with Gasteiger partial charge in [-0.25, -0.2) is 0 Å². The molecule has 3 rings (SSSR count). The molecule has 1 amide bonds. The summed E-state index contributed by atoms with van der Waals surface area (Å²) in [6, 6.07) is 7.31. The number of H-pyrrole nitrogens is 1. The van der Waals surface area contributed by atoms with Crippen molar-refractivity contribution in [2.75, 3.05) is 5.32 Å². The van der Waals surface area contributed by atoms with Gasteiger partial charge in [0, 0.05) is 11.2 Å². The zero-order chi connectivity index (χ0) is 18.8. The second-order valence-corrected chi connectivity index (χ2v) is 6.70. The average molecular weight is 460 g/mol. The Morgan fingerprint density at radius 2 is 2.12 bits per heavy atom. The molecule has 0 bridgehead atoms. The molecule has 0 saturated carbocycles. The number of amides is 1. The van der Waals surface area contributed by atoms with Crippen molar-refractivity contribution in [3.05, 3.63) is 66.4 Å². The quantitative estimate of drug-likeness (QED) is 0.443. The lowest BCUT2D eigenvalue weighted by Gasteiger charge is -2.04. The first-order chi connectivity index (χ1) is 12.4. The van der Waals surface area contributed by atoms with E-state index < -0.39 is 16.6 Å². The highest BCUT2D eigenvalue weighted by Crippen LogP contribution is 2.27. The fraction of sp³-hybridized carbons (Fsp3) is 0.0714. The Balaban J connectivity index is 1.79. The van der Waals surface area contributed by atoms with Gasteiger partial charge >= 0.3 is 5.82 Å². The van der Waals surface area contributed by atoms with Gasteiger partial charge in [-0.1, -0.05) is 46.5 Å². The number of nitro groups is 1. The minimum atomic E-state index is -0.764. The zero-order valence-corrected chi connectivity index (χ0v) is 15.8. The Hall–Kier alpha value is -2.43. The lowest BCUT2D eigenvalue weighted by Crippen LogP contribution is -2.14. The summed E-state index contributed by atoms with van der Waals surface area (Å²) in [5.41, 5.74) is 0.555. The highest BCUT2D eigenvalue weighted by Gasteiger charge is 2.26. The van der Waals surface area contributed by atoms with Gasteiger partial charge in [-0.3, -0.25) is 9.48 Å². The summed E-state index contributed by atoms with van der Waals surface area (Å²) in [5.74, 6) is -1.08. The Bertz CT molecular complexity index is 1000. The van der Waals surface area contributed by atoms with E-state index in [0.29, 0.717) is 16.0 Å². The van der Waals surface area contributed by atoms with Crippen LogP contribution in [0.25, 0.3) is 0 Å². The normalized spacial score (nSPS) is 10.7. The third-order valence-corrected chi connectivity index (χ3v) is 4.63. The van der Waals surface area contributed by atoms with Gasteiger partial charge in [0.1, 0.15) is 0 Å². The van der Waals surface area contributed by atoms with Gasteiger partial charge in [0.15, 0.2) is 16.5 Å². The van der Waals surface area contributed by atoms with Crippen LogP contribution < -0.4 is 5.32 Å². The van der Waals surface area contributed by atoms with Crippen LogP contribution in [0.1, 0.15) is 16.1 Å². The standard InChI is InChI=1S/C14H9BrCl2N6O3/c15-8-6-22(5-7-3-1-2-4-9(7)16)21-12(8)18-14(24)11-10(17)13(20-19-11)23(25)26/h1-4,6H,5H2,(H,19,20)(H,18,21,24). The van der Waals surface area contributed by atoms with E-state index >= 15 is 0 Å². The molecular formula is C14H9BrCl2N6O3. The molecule has 0 spiro atoms. The fourth-order valence-corrected chi connectivity index (χ4v) is 2.97. The third kappa shape index (κ3) is 3.71. The molecule has 0 fully saturated rings. The summed E-state index contributed by atoms with van der Waals surface area (Å²) in [6.07, 6.45) is 1.66. The molecule has 0 aliphatic carbocycles. The van der Waals surface area contributed by atoms with Gasteiger partial charge in [0.05, 0.1) is 11.0 Å². The van der Waals surface area contributed by atoms with Crippen molar-refractivity contribution in [2.24, 2.45) is 0 Å². The highest BCUT2D eigenvalue weighted by atomic mass is 79.9. The lowest BCUT2D eigenvalue weighted by molar-refractivity contribution is -0.389. The van der Waals surface area contributed by atoms with E-state index in [2.05, 4.69) is 36.5 Å². The van der Waals surface area contributed by atoms with Gasteiger partial charge in [0.25, 0.3) is 5.91 Å². The minimum Gasteiger partial charge on any atom is -0.358 e. The van der Waals surface area contributed by atoms with Crippen molar-refractivity contribution in [3.8, 4) is 0 Å². The van der Waals surface area contributed by atoms with Crippen LogP contribution in [0.5, 0.6) is 0 Å². The van der Waals surface area contributed by atoms with Crippen LogP contribution >= 0.6 is 39.1 Å². The number of halogens is 3. The van der Waals surface area contributed by atoms with Crippen molar-refractivity contribution >= 4 is 56.7 Å². The van der Waals surface area contributed by atoms with Gasteiger partial charge < -0.3 is 15.4 Å². The molecular weight excluding hydrogens is 451 g/mol. The van der Waals surface area contributed by atoms with Crippen LogP contribution in [0.4, 0.5) is 11.6 Å². The Kier molecular flexibility index (Phi) is 5.25. The molecule has 12 heteroatoms. The van der Waals surface area contributed by atoms with E-state index in [0.717, 1.165) is 5.56 Å². The summed E-state index contributed by atoms with van der Waals surface area (Å²) in [4.78, 5) is 22.2. The van der Waals surface area contributed by atoms with E-state index in [9.17, 15) is 14.9 Å². The lowest BCUT2D eigenvalue weighted by atomic mass is 10.2. The second-order valence-electron chi connectivity index (χ2n) is 5.06. The smallest absolute Gasteiger partial charge is 0.358 e. The largest absolute Gasteiger partial charge is 0.362 e. The van der Waals surface area contributed by atoms with Crippen LogP contribution in [0.2, 0.25) is 10.0 Å². The molecule has 2 heterocycles. The number of hydrogen-bond acceptors (Lipinski definition) is 5. The SMILES string of the molecule is O=C(Nc1nn(Cc2ccccc2Cl)cc1Br)c1n[nH]c([N+](=O)[O-])c1Cl. The third-order valence-electron chi connectivity index (χ3n) is 3.33. The maximum Gasteiger partial charge on any atom is 0.362 e. The number of aromatic amines is 1. The van der Waals surface area contributed by atoms with Gasteiger partial charge in [0.2, 0.25) is 0 Å². The molecule has 9 nitrogen and oxygen atoms in total. The van der Waals surface area contributed by atoms with Crippen LogP contribution in [-0.2, 0) is 6.54 Å². The Morgan fingerprint density at radius 3 is 2.77 bits per heavy atom. The van der Waals surface area contributed by atoms with Crippen LogP contribution in [0.15, 0.2) is 34.9 Å². The molecule has 0 aliphatic heterocycles. The second kappa shape index (κ2) is 7.44. The van der Waals surface area contributed by atoms with E-state index in [-0.39, 0.29) is 16.5 Å². The van der Waals surface area contributed by atoms with Crippen molar-refractivity contribution in [2.45, 2.75) is 6.54 Å². The van der Waals surface area contributed by atoms with Gasteiger partial charge in [-0.05, 0) is 32.5 Å². The number of rotatable bonds is 5. The number of nitrogens with zero attached hydrogens (tertiary/aromatic N) is 4. The van der Waals surface area contributed by atoms with Gasteiger partial charge in [-0.2, -0.15) is 5.10 Å². The van der Waals surface area contributed by atoms with E-state index in [1.54, 1.807) is 16.9 Å².